The zero-order valence-electron chi connectivity index (χ0n) is 37.5. The number of phosphoric acid groups is 2. The predicted octanol–water partition coefficient (Wildman–Crippen LogP) is -1.67. The van der Waals surface area contributed by atoms with E-state index in [1.807, 2.05) is 11.8 Å². The van der Waals surface area contributed by atoms with Crippen LogP contribution in [0.1, 0.15) is 74.2 Å². The molecule has 5 amide bonds. The molecule has 386 valence electrons. The Hall–Kier alpha value is -4.45. The topological polar surface area (TPSA) is 404 Å². The van der Waals surface area contributed by atoms with Crippen LogP contribution in [0.3, 0.4) is 0 Å². The second-order valence-corrected chi connectivity index (χ2v) is 21.3. The molecule has 28 nitrogen and oxygen atoms in total. The number of hydrogen-bond acceptors (Lipinski definition) is 20. The first-order valence-electron chi connectivity index (χ1n) is 22.5. The largest absolute Gasteiger partial charge is 0.481 e. The summed E-state index contributed by atoms with van der Waals surface area (Å²) < 4.78 is 53.0. The lowest BCUT2D eigenvalue weighted by Crippen LogP contribution is -2.46. The Bertz CT molecular complexity index is 2430. The Balaban J connectivity index is 0.775. The van der Waals surface area contributed by atoms with Crippen LogP contribution in [0.5, 0.6) is 0 Å². The Morgan fingerprint density at radius 1 is 0.886 bits per heavy atom. The first kappa shape index (κ1) is 53.4. The number of carbonyl (C=O) groups is 4. The smallest absolute Gasteiger partial charge is 0.387 e. The number of unbranched alkanes of at least 4 members (excludes halogenated alkanes) is 4. The maximum absolute atomic E-state index is 12.7. The van der Waals surface area contributed by atoms with Crippen molar-refractivity contribution in [2.45, 2.75) is 118 Å². The monoisotopic (exact) mass is 1050 g/mol. The third-order valence-electron chi connectivity index (χ3n) is 12.0. The van der Waals surface area contributed by atoms with Crippen LogP contribution in [-0.4, -0.2) is 166 Å². The molecule has 0 spiro atoms. The fraction of sp³-hybridized carbons (Fsp3) is 0.641. The number of aromatic nitrogens is 5. The zero-order valence-corrected chi connectivity index (χ0v) is 40.1. The molecular weight excluding hydrogens is 989 g/mol. The number of aliphatic hydroxyl groups is 4. The molecule has 7 heterocycles. The van der Waals surface area contributed by atoms with E-state index in [4.69, 9.17) is 24.3 Å². The van der Waals surface area contributed by atoms with Crippen LogP contribution >= 0.6 is 27.4 Å². The van der Waals surface area contributed by atoms with Gasteiger partial charge in [-0.2, -0.15) is 20.6 Å². The quantitative estimate of drug-likeness (QED) is 0.0185. The Morgan fingerprint density at radius 2 is 1.57 bits per heavy atom. The number of urea groups is 1. The number of fused-ring (bicyclic) bond motifs is 2. The molecular formula is C39H58N11O17P2S+. The summed E-state index contributed by atoms with van der Waals surface area (Å²) in [5.41, 5.74) is 5.63. The Kier molecular flexibility index (Phi) is 18.2. The molecule has 7 rings (SSSR count). The molecule has 4 saturated heterocycles. The fourth-order valence-electron chi connectivity index (χ4n) is 8.34. The average Bonchev–Trinajstić information content (AvgIpc) is 4.13. The molecule has 70 heavy (non-hydrogen) atoms. The second-order valence-electron chi connectivity index (χ2n) is 17.0. The number of anilines is 1. The second kappa shape index (κ2) is 23.8. The molecule has 0 bridgehead atoms. The van der Waals surface area contributed by atoms with E-state index >= 15 is 0 Å². The van der Waals surface area contributed by atoms with Gasteiger partial charge in [-0.15, -0.1) is 0 Å². The van der Waals surface area contributed by atoms with Crippen molar-refractivity contribution >= 4 is 68.1 Å². The molecule has 4 aliphatic heterocycles. The number of phosphoric ester groups is 2. The number of hydrogen-bond donors (Lipinski definition) is 12. The summed E-state index contributed by atoms with van der Waals surface area (Å²) in [5.74, 6) is 0.0198. The van der Waals surface area contributed by atoms with Gasteiger partial charge in [-0.05, 0) is 31.7 Å². The molecule has 13 atom stereocenters. The molecule has 0 aromatic carbocycles. The number of aliphatic hydroxyl groups excluding tert-OH is 4. The standard InChI is InChI=1S/C39H57N11O17P2S/c40-34(57)21-8-7-13-49(15-21)37-32(55)30(53)23(65-37)16-63-68(59,60)67-69(61,62)64-17-24-31(54)33(56)38(66-24)50-20-46-29-35(44-19-45-36(29)50)43-14-27(52)42-12-6-2-1-5-11-41-26(51)10-4-3-9-25-28-22(18-70-25)47-39(58)48-28/h7-8,13,15,19-20,22-25,28,30-33,37-38,53-56H,1-6,9-12,14,16-18H2,(H8-,40,41,42,43,44,45,47,48,51,52,57,58,59,60,61,62)/p+1/t22-,23+,24+,25-,28-,30+,31+,32+,33+,37+,38+/m0/s1. The molecule has 3 aromatic rings. The van der Waals surface area contributed by atoms with Crippen LogP contribution in [-0.2, 0) is 41.6 Å². The van der Waals surface area contributed by atoms with Crippen LogP contribution in [0.2, 0.25) is 0 Å². The highest BCUT2D eigenvalue weighted by Crippen LogP contribution is 2.61. The highest BCUT2D eigenvalue weighted by Gasteiger charge is 2.50. The summed E-state index contributed by atoms with van der Waals surface area (Å²) in [6.07, 6.45) is -0.870. The van der Waals surface area contributed by atoms with Crippen LogP contribution < -0.4 is 36.9 Å². The third kappa shape index (κ3) is 13.7. The van der Waals surface area contributed by atoms with E-state index in [1.54, 1.807) is 0 Å². The van der Waals surface area contributed by atoms with Gasteiger partial charge < -0.3 is 72.0 Å². The number of carbonyl (C=O) groups excluding carboxylic acids is 4. The van der Waals surface area contributed by atoms with E-state index in [0.29, 0.717) is 24.8 Å². The van der Waals surface area contributed by atoms with Crippen molar-refractivity contribution < 1.29 is 85.9 Å². The lowest BCUT2D eigenvalue weighted by molar-refractivity contribution is -0.765. The van der Waals surface area contributed by atoms with Crippen molar-refractivity contribution in [3.63, 3.8) is 0 Å². The number of rotatable bonds is 26. The highest BCUT2D eigenvalue weighted by atomic mass is 32.2. The van der Waals surface area contributed by atoms with Gasteiger partial charge in [-0.25, -0.2) is 28.9 Å². The number of primary amides is 1. The summed E-state index contributed by atoms with van der Waals surface area (Å²) in [7, 11) is -10.9. The van der Waals surface area contributed by atoms with Crippen LogP contribution in [0.25, 0.3) is 11.2 Å². The van der Waals surface area contributed by atoms with Crippen molar-refractivity contribution in [2.75, 3.05) is 43.9 Å². The number of ether oxygens (including phenoxy) is 2. The fourth-order valence-corrected chi connectivity index (χ4v) is 12.0. The summed E-state index contributed by atoms with van der Waals surface area (Å²) >= 11 is 1.87. The first-order chi connectivity index (χ1) is 33.4. The molecule has 0 radical (unpaired) electrons. The molecule has 31 heteroatoms. The van der Waals surface area contributed by atoms with Gasteiger partial charge in [0.05, 0.1) is 38.2 Å². The van der Waals surface area contributed by atoms with Gasteiger partial charge >= 0.3 is 21.7 Å². The maximum Gasteiger partial charge on any atom is 0.481 e. The van der Waals surface area contributed by atoms with E-state index in [0.717, 1.165) is 50.7 Å². The lowest BCUT2D eigenvalue weighted by Gasteiger charge is -2.20. The predicted molar refractivity (Wildman–Crippen MR) is 242 cm³/mol. The number of imidazole rings is 1. The minimum Gasteiger partial charge on any atom is -0.387 e. The summed E-state index contributed by atoms with van der Waals surface area (Å²) in [4.78, 5) is 81.0. The zero-order chi connectivity index (χ0) is 50.2. The van der Waals surface area contributed by atoms with Crippen LogP contribution in [0.4, 0.5) is 10.6 Å². The molecule has 13 N–H and O–H groups in total. The molecule has 4 aliphatic rings. The number of amides is 5. The first-order valence-corrected chi connectivity index (χ1v) is 26.6. The number of nitrogens with zero attached hydrogens (tertiary/aromatic N) is 5. The summed E-state index contributed by atoms with van der Waals surface area (Å²) in [6, 6.07) is 3.09. The van der Waals surface area contributed by atoms with Crippen molar-refractivity contribution in [3.05, 3.63) is 42.7 Å². The van der Waals surface area contributed by atoms with E-state index in [1.165, 1.54) is 46.3 Å². The van der Waals surface area contributed by atoms with Gasteiger partial charge in [-0.3, -0.25) is 28.0 Å². The van der Waals surface area contributed by atoms with Crippen LogP contribution in [0, 0.1) is 0 Å². The van der Waals surface area contributed by atoms with Crippen molar-refractivity contribution in [2.24, 2.45) is 5.73 Å². The average molecular weight is 1050 g/mol. The van der Waals surface area contributed by atoms with E-state index < -0.39 is 83.8 Å². The summed E-state index contributed by atoms with van der Waals surface area (Å²) in [5, 5.41) is 57.6. The van der Waals surface area contributed by atoms with E-state index in [2.05, 4.69) is 45.8 Å². The normalized spacial score (nSPS) is 28.9. The Morgan fingerprint density at radius 3 is 2.29 bits per heavy atom. The van der Waals surface area contributed by atoms with Gasteiger partial charge in [0.1, 0.15) is 42.4 Å². The van der Waals surface area contributed by atoms with Gasteiger partial charge in [0.2, 0.25) is 11.8 Å². The molecule has 4 fully saturated rings. The van der Waals surface area contributed by atoms with Crippen molar-refractivity contribution in [1.29, 1.82) is 0 Å². The van der Waals surface area contributed by atoms with Crippen molar-refractivity contribution in [1.82, 2.24) is 40.8 Å². The van der Waals surface area contributed by atoms with Crippen molar-refractivity contribution in [3.8, 4) is 0 Å². The number of nitrogens with one attached hydrogen (secondary N) is 5. The molecule has 2 unspecified atom stereocenters. The molecule has 0 aliphatic carbocycles. The van der Waals surface area contributed by atoms with Gasteiger partial charge in [-0.1, -0.05) is 19.3 Å². The third-order valence-corrected chi connectivity index (χ3v) is 16.1. The molecule has 3 aromatic heterocycles. The minimum atomic E-state index is -5.46. The SMILES string of the molecule is NC(=O)c1ccc[n+]([C@@H]2O[C@H](COP(=O)(O)OP(=O)(O)OC[C@H]3O[C@@H](n4cnc5c(NCC(=O)NCCCCCCNC(=O)CCCC[C@@H]6SC[C@@H]7NC(=O)N[C@@H]76)ncnc54)[C@H](O)[C@@H]3O)[C@@H](O)[C@H]2O)c1. The number of nitrogens with two attached hydrogens (primary N) is 1. The number of pyridine rings is 1. The van der Waals surface area contributed by atoms with Gasteiger partial charge in [0.15, 0.2) is 41.7 Å². The minimum absolute atomic E-state index is 0.0278. The van der Waals surface area contributed by atoms with Gasteiger partial charge in [0, 0.05) is 36.6 Å². The lowest BCUT2D eigenvalue weighted by atomic mass is 10.0. The molecule has 0 saturated carbocycles. The van der Waals surface area contributed by atoms with Gasteiger partial charge in [0.25, 0.3) is 12.1 Å². The summed E-state index contributed by atoms with van der Waals surface area (Å²) in [6.45, 7) is -1.03. The number of thioether (sulfide) groups is 1. The highest BCUT2D eigenvalue weighted by molar-refractivity contribution is 8.00. The maximum atomic E-state index is 12.7. The van der Waals surface area contributed by atoms with Crippen LogP contribution in [0.15, 0.2) is 37.2 Å². The van der Waals surface area contributed by atoms with E-state index in [9.17, 15) is 58.5 Å². The van der Waals surface area contributed by atoms with E-state index in [-0.39, 0.29) is 59.0 Å². The Labute approximate surface area is 404 Å².